The average Bonchev–Trinajstić information content (AvgIpc) is 2.71. The highest BCUT2D eigenvalue weighted by Crippen LogP contribution is 2.41. The van der Waals surface area contributed by atoms with Crippen LogP contribution in [0.4, 0.5) is 5.69 Å². The fraction of sp³-hybridized carbons (Fsp3) is 0.188. The standard InChI is InChI=1S/C16H14ClNO3/c17-11-7-5-10(6-8-11)14(19)9-16(21)12-3-1-2-4-13(12)18-15(16)20/h1-8,14,19,21H,9H2,(H,18,20). The Bertz CT molecular complexity index is 686. The summed E-state index contributed by atoms with van der Waals surface area (Å²) in [5, 5.41) is 24.2. The molecule has 2 aromatic rings. The van der Waals surface area contributed by atoms with E-state index in [1.165, 1.54) is 0 Å². The van der Waals surface area contributed by atoms with Gasteiger partial charge in [0.15, 0.2) is 5.60 Å². The number of amides is 1. The van der Waals surface area contributed by atoms with Crippen LogP contribution < -0.4 is 5.32 Å². The van der Waals surface area contributed by atoms with Crippen molar-refractivity contribution in [1.29, 1.82) is 0 Å². The minimum absolute atomic E-state index is 0.114. The fourth-order valence-electron chi connectivity index (χ4n) is 2.59. The first kappa shape index (κ1) is 14.1. The van der Waals surface area contributed by atoms with E-state index in [2.05, 4.69) is 5.32 Å². The monoisotopic (exact) mass is 303 g/mol. The van der Waals surface area contributed by atoms with E-state index in [4.69, 9.17) is 11.6 Å². The highest BCUT2D eigenvalue weighted by Gasteiger charge is 2.46. The van der Waals surface area contributed by atoms with Crippen molar-refractivity contribution in [1.82, 2.24) is 0 Å². The number of benzene rings is 2. The van der Waals surface area contributed by atoms with Crippen molar-refractivity contribution in [2.45, 2.75) is 18.1 Å². The second kappa shape index (κ2) is 5.15. The number of hydrogen-bond donors (Lipinski definition) is 3. The maximum Gasteiger partial charge on any atom is 0.261 e. The first-order chi connectivity index (χ1) is 10.0. The van der Waals surface area contributed by atoms with E-state index in [1.807, 2.05) is 0 Å². The minimum Gasteiger partial charge on any atom is -0.388 e. The van der Waals surface area contributed by atoms with E-state index in [0.29, 0.717) is 21.8 Å². The quantitative estimate of drug-likeness (QED) is 0.816. The highest BCUT2D eigenvalue weighted by molar-refractivity contribution is 6.30. The first-order valence-electron chi connectivity index (χ1n) is 6.57. The van der Waals surface area contributed by atoms with Gasteiger partial charge >= 0.3 is 0 Å². The zero-order chi connectivity index (χ0) is 15.0. The van der Waals surface area contributed by atoms with Crippen molar-refractivity contribution in [2.24, 2.45) is 0 Å². The lowest BCUT2D eigenvalue weighted by molar-refractivity contribution is -0.137. The molecule has 0 aromatic heterocycles. The van der Waals surface area contributed by atoms with Crippen molar-refractivity contribution < 1.29 is 15.0 Å². The highest BCUT2D eigenvalue weighted by atomic mass is 35.5. The van der Waals surface area contributed by atoms with E-state index in [9.17, 15) is 15.0 Å². The molecule has 1 heterocycles. The van der Waals surface area contributed by atoms with Crippen molar-refractivity contribution in [3.8, 4) is 0 Å². The molecule has 0 radical (unpaired) electrons. The zero-order valence-electron chi connectivity index (χ0n) is 11.1. The van der Waals surface area contributed by atoms with Gasteiger partial charge in [-0.15, -0.1) is 0 Å². The predicted octanol–water partition coefficient (Wildman–Crippen LogP) is 2.60. The van der Waals surface area contributed by atoms with Gasteiger partial charge in [0, 0.05) is 22.7 Å². The molecule has 0 spiro atoms. The molecule has 2 unspecified atom stereocenters. The second-order valence-corrected chi connectivity index (χ2v) is 5.57. The molecule has 1 aliphatic rings. The molecule has 0 fully saturated rings. The Morgan fingerprint density at radius 2 is 1.81 bits per heavy atom. The topological polar surface area (TPSA) is 69.6 Å². The number of para-hydroxylation sites is 1. The number of aliphatic hydroxyl groups excluding tert-OH is 1. The van der Waals surface area contributed by atoms with Gasteiger partial charge in [-0.2, -0.15) is 0 Å². The predicted molar refractivity (Wildman–Crippen MR) is 80.0 cm³/mol. The largest absolute Gasteiger partial charge is 0.388 e. The molecule has 2 aromatic carbocycles. The summed E-state index contributed by atoms with van der Waals surface area (Å²) in [6.07, 6.45) is -1.08. The number of halogens is 1. The van der Waals surface area contributed by atoms with Crippen LogP contribution in [0.3, 0.4) is 0 Å². The molecular formula is C16H14ClNO3. The summed E-state index contributed by atoms with van der Waals surface area (Å²) < 4.78 is 0. The third-order valence-electron chi connectivity index (χ3n) is 3.74. The summed E-state index contributed by atoms with van der Waals surface area (Å²) in [6.45, 7) is 0. The molecule has 3 rings (SSSR count). The van der Waals surface area contributed by atoms with E-state index in [1.54, 1.807) is 48.5 Å². The molecule has 0 aliphatic carbocycles. The van der Waals surface area contributed by atoms with Crippen LogP contribution in [0, 0.1) is 0 Å². The Kier molecular flexibility index (Phi) is 3.45. The van der Waals surface area contributed by atoms with Gasteiger partial charge in [0.25, 0.3) is 5.91 Å². The van der Waals surface area contributed by atoms with Gasteiger partial charge in [-0.05, 0) is 23.8 Å². The molecule has 0 saturated carbocycles. The van der Waals surface area contributed by atoms with Gasteiger partial charge < -0.3 is 15.5 Å². The Morgan fingerprint density at radius 3 is 2.52 bits per heavy atom. The van der Waals surface area contributed by atoms with E-state index >= 15 is 0 Å². The van der Waals surface area contributed by atoms with Crippen molar-refractivity contribution in [2.75, 3.05) is 5.32 Å². The Labute approximate surface area is 127 Å². The summed E-state index contributed by atoms with van der Waals surface area (Å²) in [7, 11) is 0. The van der Waals surface area contributed by atoms with Gasteiger partial charge in [0.05, 0.1) is 6.10 Å². The van der Waals surface area contributed by atoms with Crippen LogP contribution in [-0.2, 0) is 10.4 Å². The van der Waals surface area contributed by atoms with E-state index in [0.717, 1.165) is 0 Å². The van der Waals surface area contributed by atoms with E-state index in [-0.39, 0.29) is 6.42 Å². The normalized spacial score (nSPS) is 21.8. The number of anilines is 1. The molecule has 1 aliphatic heterocycles. The molecule has 21 heavy (non-hydrogen) atoms. The number of rotatable bonds is 3. The van der Waals surface area contributed by atoms with E-state index < -0.39 is 17.6 Å². The third-order valence-corrected chi connectivity index (χ3v) is 3.99. The molecule has 3 N–H and O–H groups in total. The minimum atomic E-state index is -1.73. The van der Waals surface area contributed by atoms with Gasteiger partial charge in [-0.25, -0.2) is 0 Å². The smallest absolute Gasteiger partial charge is 0.261 e. The molecular weight excluding hydrogens is 290 g/mol. The lowest BCUT2D eigenvalue weighted by atomic mass is 9.87. The lowest BCUT2D eigenvalue weighted by Crippen LogP contribution is -2.35. The second-order valence-electron chi connectivity index (χ2n) is 5.13. The molecule has 5 heteroatoms. The number of carbonyl (C=O) groups is 1. The van der Waals surface area contributed by atoms with Crippen molar-refractivity contribution in [3.05, 3.63) is 64.7 Å². The summed E-state index contributed by atoms with van der Waals surface area (Å²) in [6, 6.07) is 13.6. The number of carbonyl (C=O) groups excluding carboxylic acids is 1. The summed E-state index contributed by atoms with van der Waals surface area (Å²) >= 11 is 5.81. The molecule has 0 bridgehead atoms. The number of aliphatic hydroxyl groups is 2. The first-order valence-corrected chi connectivity index (χ1v) is 6.95. The van der Waals surface area contributed by atoms with Crippen LogP contribution in [0.25, 0.3) is 0 Å². The van der Waals surface area contributed by atoms with Crippen LogP contribution in [-0.4, -0.2) is 16.1 Å². The number of nitrogens with one attached hydrogen (secondary N) is 1. The number of fused-ring (bicyclic) bond motifs is 1. The Morgan fingerprint density at radius 1 is 1.14 bits per heavy atom. The van der Waals surface area contributed by atoms with Gasteiger partial charge in [0.1, 0.15) is 0 Å². The lowest BCUT2D eigenvalue weighted by Gasteiger charge is -2.24. The zero-order valence-corrected chi connectivity index (χ0v) is 11.8. The van der Waals surface area contributed by atoms with Crippen LogP contribution in [0.2, 0.25) is 5.02 Å². The van der Waals surface area contributed by atoms with Crippen LogP contribution in [0.5, 0.6) is 0 Å². The van der Waals surface area contributed by atoms with Crippen molar-refractivity contribution in [3.63, 3.8) is 0 Å². The van der Waals surface area contributed by atoms with Crippen LogP contribution in [0.15, 0.2) is 48.5 Å². The molecule has 108 valence electrons. The van der Waals surface area contributed by atoms with Crippen LogP contribution >= 0.6 is 11.6 Å². The molecule has 2 atom stereocenters. The van der Waals surface area contributed by atoms with Crippen LogP contribution in [0.1, 0.15) is 23.7 Å². The molecule has 0 saturated heterocycles. The molecule has 1 amide bonds. The molecule has 4 nitrogen and oxygen atoms in total. The van der Waals surface area contributed by atoms with Crippen molar-refractivity contribution >= 4 is 23.2 Å². The third kappa shape index (κ3) is 2.42. The fourth-order valence-corrected chi connectivity index (χ4v) is 2.71. The van der Waals surface area contributed by atoms with Gasteiger partial charge in [0.2, 0.25) is 0 Å². The maximum absolute atomic E-state index is 12.1. The number of hydrogen-bond acceptors (Lipinski definition) is 3. The van der Waals surface area contributed by atoms with Gasteiger partial charge in [-0.3, -0.25) is 4.79 Å². The SMILES string of the molecule is O=C1Nc2ccccc2C1(O)CC(O)c1ccc(Cl)cc1. The maximum atomic E-state index is 12.1. The summed E-state index contributed by atoms with van der Waals surface area (Å²) in [5.41, 5.74) is -0.0586. The Balaban J connectivity index is 1.90. The summed E-state index contributed by atoms with van der Waals surface area (Å²) in [4.78, 5) is 12.1. The average molecular weight is 304 g/mol. The Hall–Kier alpha value is -1.88. The van der Waals surface area contributed by atoms with Gasteiger partial charge in [-0.1, -0.05) is 41.9 Å². The summed E-state index contributed by atoms with van der Waals surface area (Å²) in [5.74, 6) is -0.517.